The maximum Gasteiger partial charge on any atom is 0.329 e. The number of methoxy groups -OCH3 is 1. The number of nitrogens with zero attached hydrogens (tertiary/aromatic N) is 1. The highest BCUT2D eigenvalue weighted by atomic mass is 79.9. The molecule has 0 spiro atoms. The Hall–Kier alpha value is -4.71. The molecule has 40 heavy (non-hydrogen) atoms. The molecule has 1 fully saturated rings. The van der Waals surface area contributed by atoms with E-state index >= 15 is 0 Å². The molecular weight excluding hydrogens is 587 g/mol. The topological polar surface area (TPSA) is 126 Å². The molecule has 0 radical (unpaired) electrons. The van der Waals surface area contributed by atoms with E-state index in [1.165, 1.54) is 37.5 Å². The minimum absolute atomic E-state index is 0.0385. The molecule has 1 aliphatic rings. The number of benzene rings is 3. The Morgan fingerprint density at radius 2 is 1.73 bits per heavy atom. The summed E-state index contributed by atoms with van der Waals surface area (Å²) in [5.41, 5.74) is 2.34. The molecule has 10 nitrogen and oxygen atoms in total. The van der Waals surface area contributed by atoms with E-state index in [2.05, 4.69) is 31.9 Å². The second kappa shape index (κ2) is 12.4. The highest BCUT2D eigenvalue weighted by Crippen LogP contribution is 2.35. The first-order chi connectivity index (χ1) is 19.1. The number of aryl methyl sites for hydroxylation is 1. The number of carbonyl (C=O) groups is 4. The molecule has 3 aromatic rings. The van der Waals surface area contributed by atoms with Gasteiger partial charge in [0.25, 0.3) is 11.8 Å². The molecule has 1 aliphatic heterocycles. The Kier molecular flexibility index (Phi) is 8.80. The van der Waals surface area contributed by atoms with Gasteiger partial charge in [0, 0.05) is 15.8 Å². The van der Waals surface area contributed by atoms with Crippen molar-refractivity contribution in [1.82, 2.24) is 10.2 Å². The number of hydrogen-bond donors (Lipinski definition) is 3. The molecule has 0 unspecified atom stereocenters. The molecule has 0 saturated carbocycles. The first kappa shape index (κ1) is 28.3. The highest BCUT2D eigenvalue weighted by molar-refractivity contribution is 9.10. The molecule has 1 heterocycles. The van der Waals surface area contributed by atoms with E-state index in [0.717, 1.165) is 10.5 Å². The smallest absolute Gasteiger partial charge is 0.329 e. The number of nitrogens with one attached hydrogen (secondary N) is 3. The van der Waals surface area contributed by atoms with Crippen LogP contribution < -0.4 is 25.4 Å². The molecule has 0 aromatic heterocycles. The minimum Gasteiger partial charge on any atom is -0.493 e. The van der Waals surface area contributed by atoms with Crippen LogP contribution in [0.4, 0.5) is 20.6 Å². The van der Waals surface area contributed by atoms with Gasteiger partial charge in [-0.1, -0.05) is 28.1 Å². The van der Waals surface area contributed by atoms with E-state index in [0.29, 0.717) is 21.4 Å². The quantitative estimate of drug-likeness (QED) is 0.243. The fourth-order valence-corrected chi connectivity index (χ4v) is 4.18. The normalized spacial score (nSPS) is 13.7. The van der Waals surface area contributed by atoms with E-state index in [9.17, 15) is 23.6 Å². The van der Waals surface area contributed by atoms with E-state index in [1.807, 2.05) is 13.0 Å². The minimum atomic E-state index is -0.731. The van der Waals surface area contributed by atoms with E-state index < -0.39 is 36.1 Å². The van der Waals surface area contributed by atoms with E-state index in [4.69, 9.17) is 9.47 Å². The summed E-state index contributed by atoms with van der Waals surface area (Å²) in [4.78, 5) is 50.8. The van der Waals surface area contributed by atoms with Crippen molar-refractivity contribution in [1.29, 1.82) is 0 Å². The first-order valence-electron chi connectivity index (χ1n) is 11.9. The van der Waals surface area contributed by atoms with Crippen molar-refractivity contribution in [2.45, 2.75) is 6.92 Å². The van der Waals surface area contributed by atoms with Crippen LogP contribution in [0, 0.1) is 12.7 Å². The standard InChI is InChI=1S/C28H24BrFN4O6/c1-16-4-3-5-20(10-16)32-25(35)14-34-27(37)22(33-28(34)38)11-17-12-23(39-2)24(13-21(17)29)40-15-26(36)31-19-8-6-18(30)7-9-19/h3-13H,14-15H2,1-2H3,(H,31,36)(H,32,35)(H,33,38)/b22-11+. The van der Waals surface area contributed by atoms with Gasteiger partial charge in [0.15, 0.2) is 18.1 Å². The second-order valence-electron chi connectivity index (χ2n) is 8.67. The van der Waals surface area contributed by atoms with Crippen LogP contribution in [-0.2, 0) is 14.4 Å². The first-order valence-corrected chi connectivity index (χ1v) is 12.7. The molecule has 206 valence electrons. The third-order valence-corrected chi connectivity index (χ3v) is 6.32. The average Bonchev–Trinajstić information content (AvgIpc) is 3.17. The van der Waals surface area contributed by atoms with Gasteiger partial charge >= 0.3 is 6.03 Å². The van der Waals surface area contributed by atoms with Crippen LogP contribution in [0.15, 0.2) is 70.8 Å². The van der Waals surface area contributed by atoms with Crippen molar-refractivity contribution in [2.75, 3.05) is 30.9 Å². The number of anilines is 2. The summed E-state index contributed by atoms with van der Waals surface area (Å²) >= 11 is 3.40. The lowest BCUT2D eigenvalue weighted by atomic mass is 10.1. The fourth-order valence-electron chi connectivity index (χ4n) is 3.75. The molecular formula is C28H24BrFN4O6. The lowest BCUT2D eigenvalue weighted by Crippen LogP contribution is -2.38. The number of ether oxygens (including phenoxy) is 2. The molecule has 1 saturated heterocycles. The van der Waals surface area contributed by atoms with Crippen LogP contribution >= 0.6 is 15.9 Å². The summed E-state index contributed by atoms with van der Waals surface area (Å²) in [5, 5.41) is 7.73. The maximum atomic E-state index is 13.1. The molecule has 3 N–H and O–H groups in total. The number of halogens is 2. The molecule has 12 heteroatoms. The third kappa shape index (κ3) is 7.03. The van der Waals surface area contributed by atoms with Crippen LogP contribution in [0.1, 0.15) is 11.1 Å². The number of rotatable bonds is 9. The van der Waals surface area contributed by atoms with Crippen LogP contribution in [0.2, 0.25) is 0 Å². The van der Waals surface area contributed by atoms with Gasteiger partial charge in [-0.15, -0.1) is 0 Å². The number of urea groups is 1. The van der Waals surface area contributed by atoms with Gasteiger partial charge in [0.05, 0.1) is 7.11 Å². The van der Waals surface area contributed by atoms with Crippen LogP contribution in [0.25, 0.3) is 6.08 Å². The van der Waals surface area contributed by atoms with Crippen LogP contribution in [0.3, 0.4) is 0 Å². The Morgan fingerprint density at radius 3 is 2.42 bits per heavy atom. The van der Waals surface area contributed by atoms with Gasteiger partial charge in [0.2, 0.25) is 5.91 Å². The van der Waals surface area contributed by atoms with Crippen molar-refractivity contribution in [3.8, 4) is 11.5 Å². The fraction of sp³-hybridized carbons (Fsp3) is 0.143. The van der Waals surface area contributed by atoms with Crippen molar-refractivity contribution < 1.29 is 33.0 Å². The lowest BCUT2D eigenvalue weighted by Gasteiger charge is -2.13. The summed E-state index contributed by atoms with van der Waals surface area (Å²) in [7, 11) is 1.41. The van der Waals surface area contributed by atoms with Gasteiger partial charge in [-0.2, -0.15) is 0 Å². The van der Waals surface area contributed by atoms with E-state index in [1.54, 1.807) is 30.3 Å². The van der Waals surface area contributed by atoms with Gasteiger partial charge in [-0.05, 0) is 72.7 Å². The van der Waals surface area contributed by atoms with Crippen LogP contribution in [-0.4, -0.2) is 48.9 Å². The monoisotopic (exact) mass is 610 g/mol. The summed E-state index contributed by atoms with van der Waals surface area (Å²) in [5.74, 6) is -1.59. The number of imide groups is 1. The number of hydrogen-bond acceptors (Lipinski definition) is 6. The van der Waals surface area contributed by atoms with E-state index in [-0.39, 0.29) is 23.8 Å². The van der Waals surface area contributed by atoms with Gasteiger partial charge in [-0.25, -0.2) is 14.1 Å². The summed E-state index contributed by atoms with van der Waals surface area (Å²) in [6, 6.07) is 14.8. The summed E-state index contributed by atoms with van der Waals surface area (Å²) in [6.07, 6.45) is 1.43. The zero-order valence-electron chi connectivity index (χ0n) is 21.4. The zero-order valence-corrected chi connectivity index (χ0v) is 23.0. The largest absolute Gasteiger partial charge is 0.493 e. The molecule has 0 atom stereocenters. The summed E-state index contributed by atoms with van der Waals surface area (Å²) in [6.45, 7) is 1.06. The average molecular weight is 611 g/mol. The maximum absolute atomic E-state index is 13.1. The number of amides is 5. The molecule has 3 aromatic carbocycles. The van der Waals surface area contributed by atoms with Crippen molar-refractivity contribution >= 4 is 57.1 Å². The van der Waals surface area contributed by atoms with Crippen molar-refractivity contribution in [2.24, 2.45) is 0 Å². The Balaban J connectivity index is 1.42. The Morgan fingerprint density at radius 1 is 1.00 bits per heavy atom. The lowest BCUT2D eigenvalue weighted by molar-refractivity contribution is -0.127. The molecule has 0 bridgehead atoms. The third-order valence-electron chi connectivity index (χ3n) is 5.64. The molecule has 5 amide bonds. The highest BCUT2D eigenvalue weighted by Gasteiger charge is 2.35. The van der Waals surface area contributed by atoms with Crippen molar-refractivity contribution in [3.63, 3.8) is 0 Å². The van der Waals surface area contributed by atoms with Crippen molar-refractivity contribution in [3.05, 3.63) is 87.8 Å². The SMILES string of the molecule is COc1cc(/C=C2/NC(=O)N(CC(=O)Nc3cccc(C)c3)C2=O)c(Br)cc1OCC(=O)Nc1ccc(F)cc1. The second-order valence-corrected chi connectivity index (χ2v) is 9.52. The predicted molar refractivity (Wildman–Crippen MR) is 149 cm³/mol. The van der Waals surface area contributed by atoms with Gasteiger partial charge in [-0.3, -0.25) is 14.4 Å². The molecule has 4 rings (SSSR count). The Bertz CT molecular complexity index is 1510. The molecule has 0 aliphatic carbocycles. The van der Waals surface area contributed by atoms with Crippen LogP contribution in [0.5, 0.6) is 11.5 Å². The summed E-state index contributed by atoms with van der Waals surface area (Å²) < 4.78 is 24.5. The zero-order chi connectivity index (χ0) is 28.8. The van der Waals surface area contributed by atoms with Gasteiger partial charge in [0.1, 0.15) is 18.1 Å². The number of carbonyl (C=O) groups excluding carboxylic acids is 4. The van der Waals surface area contributed by atoms with Gasteiger partial charge < -0.3 is 25.4 Å². The Labute approximate surface area is 237 Å². The predicted octanol–water partition coefficient (Wildman–Crippen LogP) is 4.45.